The van der Waals surface area contributed by atoms with Gasteiger partial charge in [-0.2, -0.15) is 0 Å². The highest BCUT2D eigenvalue weighted by molar-refractivity contribution is 6.30. The summed E-state index contributed by atoms with van der Waals surface area (Å²) in [6.45, 7) is 1.74. The van der Waals surface area contributed by atoms with Crippen LogP contribution in [0.5, 0.6) is 0 Å². The fourth-order valence-electron chi connectivity index (χ4n) is 5.47. The van der Waals surface area contributed by atoms with Crippen molar-refractivity contribution in [2.45, 2.75) is 43.7 Å². The van der Waals surface area contributed by atoms with Gasteiger partial charge in [-0.25, -0.2) is 4.79 Å². The van der Waals surface area contributed by atoms with Gasteiger partial charge in [0, 0.05) is 41.7 Å². The van der Waals surface area contributed by atoms with Crippen LogP contribution in [0, 0.1) is 0 Å². The first-order valence-corrected chi connectivity index (χ1v) is 12.2. The van der Waals surface area contributed by atoms with Crippen molar-refractivity contribution in [3.8, 4) is 11.4 Å². The zero-order valence-corrected chi connectivity index (χ0v) is 20.4. The molecule has 0 saturated heterocycles. The summed E-state index contributed by atoms with van der Waals surface area (Å²) in [6.07, 6.45) is 3.54. The number of hydrogen-bond acceptors (Lipinski definition) is 6. The Bertz CT molecular complexity index is 1270. The number of methoxy groups -OCH3 is 1. The number of aromatic nitrogens is 3. The van der Waals surface area contributed by atoms with Crippen LogP contribution in [0.3, 0.4) is 0 Å². The zero-order chi connectivity index (χ0) is 24.6. The number of esters is 1. The second kappa shape index (κ2) is 9.43. The van der Waals surface area contributed by atoms with Crippen LogP contribution in [-0.4, -0.2) is 57.8 Å². The van der Waals surface area contributed by atoms with Gasteiger partial charge in [0.15, 0.2) is 5.82 Å². The lowest BCUT2D eigenvalue weighted by Gasteiger charge is -2.44. The summed E-state index contributed by atoms with van der Waals surface area (Å²) in [6, 6.07) is 15.1. The molecular formula is C26H28ClN5O3. The van der Waals surface area contributed by atoms with Crippen molar-refractivity contribution in [3.05, 3.63) is 70.5 Å². The van der Waals surface area contributed by atoms with E-state index in [1.807, 2.05) is 33.7 Å². The van der Waals surface area contributed by atoms with Gasteiger partial charge in [-0.05, 0) is 55.5 Å². The van der Waals surface area contributed by atoms with Crippen LogP contribution in [0.25, 0.3) is 11.4 Å². The SMILES string of the molecule is COC(=O)c1cccc(-c2nnc3n2CCN([C@H]2CC[C@](CN)(c4cccc(Cl)c4)CC2)C3=O)c1. The Morgan fingerprint density at radius 3 is 2.57 bits per heavy atom. The Morgan fingerprint density at radius 1 is 1.11 bits per heavy atom. The van der Waals surface area contributed by atoms with Crippen LogP contribution in [-0.2, 0) is 16.7 Å². The number of hydrogen-bond donors (Lipinski definition) is 1. The standard InChI is InChI=1S/C26H28ClN5O3/c1-35-25(34)18-5-2-4-17(14-18)22-29-30-23-24(33)31(12-13-32(22)23)21-8-10-26(16-28,11-9-21)19-6-3-7-20(27)15-19/h2-7,14-15,21H,8-13,16,28H2,1H3/t21-,26-. The molecule has 1 aliphatic heterocycles. The maximum atomic E-state index is 13.4. The van der Waals surface area contributed by atoms with Gasteiger partial charge in [0.25, 0.3) is 5.91 Å². The Labute approximate surface area is 209 Å². The Kier molecular flexibility index (Phi) is 6.34. The largest absolute Gasteiger partial charge is 0.465 e. The van der Waals surface area contributed by atoms with Gasteiger partial charge in [-0.3, -0.25) is 4.79 Å². The van der Waals surface area contributed by atoms with Crippen molar-refractivity contribution < 1.29 is 14.3 Å². The van der Waals surface area contributed by atoms with Gasteiger partial charge in [-0.1, -0.05) is 35.9 Å². The predicted octanol–water partition coefficient (Wildman–Crippen LogP) is 3.68. The van der Waals surface area contributed by atoms with Crippen LogP contribution in [0.15, 0.2) is 48.5 Å². The van der Waals surface area contributed by atoms with E-state index in [9.17, 15) is 9.59 Å². The lowest BCUT2D eigenvalue weighted by atomic mass is 9.68. The predicted molar refractivity (Wildman–Crippen MR) is 132 cm³/mol. The maximum absolute atomic E-state index is 13.4. The van der Waals surface area contributed by atoms with Crippen molar-refractivity contribution in [2.75, 3.05) is 20.2 Å². The Balaban J connectivity index is 1.33. The highest BCUT2D eigenvalue weighted by atomic mass is 35.5. The smallest absolute Gasteiger partial charge is 0.337 e. The molecule has 1 fully saturated rings. The number of amides is 1. The minimum absolute atomic E-state index is 0.105. The molecule has 1 amide bonds. The molecule has 8 nitrogen and oxygen atoms in total. The number of carbonyl (C=O) groups excluding carboxylic acids is 2. The minimum atomic E-state index is -0.420. The van der Waals surface area contributed by atoms with Gasteiger partial charge < -0.3 is 19.9 Å². The summed E-state index contributed by atoms with van der Waals surface area (Å²) in [4.78, 5) is 27.3. The molecule has 2 aromatic carbocycles. The Morgan fingerprint density at radius 2 is 1.86 bits per heavy atom. The normalized spacial score (nSPS) is 22.1. The van der Waals surface area contributed by atoms with Gasteiger partial charge in [0.05, 0.1) is 12.7 Å². The van der Waals surface area contributed by atoms with Crippen LogP contribution >= 0.6 is 11.6 Å². The average molecular weight is 494 g/mol. The van der Waals surface area contributed by atoms with Crippen LogP contribution in [0.2, 0.25) is 5.02 Å². The molecule has 0 bridgehead atoms. The third-order valence-corrected chi connectivity index (χ3v) is 7.73. The molecule has 1 aromatic heterocycles. The number of ether oxygens (including phenoxy) is 1. The van der Waals surface area contributed by atoms with Crippen LogP contribution in [0.4, 0.5) is 0 Å². The summed E-state index contributed by atoms with van der Waals surface area (Å²) < 4.78 is 6.66. The molecule has 0 radical (unpaired) electrons. The summed E-state index contributed by atoms with van der Waals surface area (Å²) in [5.74, 6) is 0.383. The van der Waals surface area contributed by atoms with Gasteiger partial charge >= 0.3 is 5.97 Å². The quantitative estimate of drug-likeness (QED) is 0.544. The third-order valence-electron chi connectivity index (χ3n) is 7.49. The molecule has 1 saturated carbocycles. The van der Waals surface area contributed by atoms with E-state index in [-0.39, 0.29) is 17.4 Å². The van der Waals surface area contributed by atoms with E-state index in [4.69, 9.17) is 22.1 Å². The number of benzene rings is 2. The highest BCUT2D eigenvalue weighted by Gasteiger charge is 2.41. The summed E-state index contributed by atoms with van der Waals surface area (Å²) >= 11 is 6.25. The van der Waals surface area contributed by atoms with Gasteiger partial charge in [-0.15, -0.1) is 10.2 Å². The number of fused-ring (bicyclic) bond motifs is 1. The fraction of sp³-hybridized carbons (Fsp3) is 0.385. The molecule has 35 heavy (non-hydrogen) atoms. The molecule has 3 aromatic rings. The van der Waals surface area contributed by atoms with E-state index in [1.165, 1.54) is 12.7 Å². The first-order chi connectivity index (χ1) is 17.0. The monoisotopic (exact) mass is 493 g/mol. The third kappa shape index (κ3) is 4.21. The van der Waals surface area contributed by atoms with E-state index in [2.05, 4.69) is 16.3 Å². The van der Waals surface area contributed by atoms with Crippen molar-refractivity contribution in [2.24, 2.45) is 5.73 Å². The van der Waals surface area contributed by atoms with E-state index in [0.717, 1.165) is 36.3 Å². The second-order valence-corrected chi connectivity index (χ2v) is 9.73. The number of nitrogens with two attached hydrogens (primary N) is 1. The number of rotatable bonds is 5. The maximum Gasteiger partial charge on any atom is 0.337 e. The molecular weight excluding hydrogens is 466 g/mol. The molecule has 2 aliphatic rings. The molecule has 9 heteroatoms. The van der Waals surface area contributed by atoms with E-state index in [0.29, 0.717) is 36.8 Å². The van der Waals surface area contributed by atoms with E-state index in [1.54, 1.807) is 18.2 Å². The highest BCUT2D eigenvalue weighted by Crippen LogP contribution is 2.41. The summed E-state index contributed by atoms with van der Waals surface area (Å²) in [7, 11) is 1.35. The number of carbonyl (C=O) groups is 2. The fourth-order valence-corrected chi connectivity index (χ4v) is 5.66. The molecule has 5 rings (SSSR count). The molecule has 0 unspecified atom stereocenters. The Hall–Kier alpha value is -3.23. The van der Waals surface area contributed by atoms with Crippen molar-refractivity contribution in [1.82, 2.24) is 19.7 Å². The summed E-state index contributed by atoms with van der Waals surface area (Å²) in [5.41, 5.74) is 8.47. The van der Waals surface area contributed by atoms with Crippen molar-refractivity contribution in [1.29, 1.82) is 0 Å². The number of nitrogens with zero attached hydrogens (tertiary/aromatic N) is 4. The zero-order valence-electron chi connectivity index (χ0n) is 19.6. The van der Waals surface area contributed by atoms with Crippen LogP contribution < -0.4 is 5.73 Å². The minimum Gasteiger partial charge on any atom is -0.465 e. The van der Waals surface area contributed by atoms with Crippen LogP contribution in [0.1, 0.15) is 52.2 Å². The first kappa shape index (κ1) is 23.5. The van der Waals surface area contributed by atoms with E-state index >= 15 is 0 Å². The lowest BCUT2D eigenvalue weighted by Crippen LogP contribution is -2.50. The molecule has 0 atom stereocenters. The second-order valence-electron chi connectivity index (χ2n) is 9.30. The average Bonchev–Trinajstić information content (AvgIpc) is 3.34. The topological polar surface area (TPSA) is 103 Å². The number of halogens is 1. The molecule has 2 N–H and O–H groups in total. The summed E-state index contributed by atoms with van der Waals surface area (Å²) in [5, 5.41) is 9.24. The van der Waals surface area contributed by atoms with E-state index < -0.39 is 5.97 Å². The van der Waals surface area contributed by atoms with Crippen molar-refractivity contribution in [3.63, 3.8) is 0 Å². The molecule has 182 valence electrons. The molecule has 2 heterocycles. The van der Waals surface area contributed by atoms with Gasteiger partial charge in [0.1, 0.15) is 0 Å². The first-order valence-electron chi connectivity index (χ1n) is 11.8. The van der Waals surface area contributed by atoms with Gasteiger partial charge in [0.2, 0.25) is 5.82 Å². The molecule has 1 aliphatic carbocycles. The molecule has 0 spiro atoms. The lowest BCUT2D eigenvalue weighted by molar-refractivity contribution is 0.0522. The van der Waals surface area contributed by atoms with Crippen molar-refractivity contribution >= 4 is 23.5 Å².